The van der Waals surface area contributed by atoms with Crippen LogP contribution in [0.5, 0.6) is 0 Å². The van der Waals surface area contributed by atoms with E-state index in [1.165, 1.54) is 18.2 Å². The molecule has 0 unspecified atom stereocenters. The van der Waals surface area contributed by atoms with Crippen LogP contribution >= 0.6 is 11.6 Å². The van der Waals surface area contributed by atoms with Gasteiger partial charge in [-0.05, 0) is 29.8 Å². The number of rotatable bonds is 4. The van der Waals surface area contributed by atoms with E-state index in [0.29, 0.717) is 10.6 Å². The molecule has 0 aliphatic heterocycles. The van der Waals surface area contributed by atoms with Crippen molar-refractivity contribution in [1.29, 1.82) is 0 Å². The molecule has 1 amide bonds. The molecule has 2 aromatic rings. The van der Waals surface area contributed by atoms with Crippen LogP contribution in [-0.2, 0) is 4.79 Å². The van der Waals surface area contributed by atoms with Crippen LogP contribution in [0, 0.1) is 15.9 Å². The molecule has 0 heterocycles. The molecule has 2 aromatic carbocycles. The molecule has 0 aliphatic carbocycles. The van der Waals surface area contributed by atoms with E-state index in [1.54, 1.807) is 24.3 Å². The van der Waals surface area contributed by atoms with Gasteiger partial charge in [0, 0.05) is 22.9 Å². The van der Waals surface area contributed by atoms with Crippen molar-refractivity contribution in [2.24, 2.45) is 0 Å². The largest absolute Gasteiger partial charge is 0.322 e. The van der Waals surface area contributed by atoms with Crippen LogP contribution in [0.15, 0.2) is 48.5 Å². The molecule has 22 heavy (non-hydrogen) atoms. The molecule has 0 bridgehead atoms. The Bertz CT molecular complexity index is 762. The molecule has 0 spiro atoms. The summed E-state index contributed by atoms with van der Waals surface area (Å²) in [4.78, 5) is 21.5. The molecule has 0 atom stereocenters. The number of hydrogen-bond acceptors (Lipinski definition) is 3. The first-order chi connectivity index (χ1) is 10.5. The summed E-state index contributed by atoms with van der Waals surface area (Å²) in [5.41, 5.74) is 0.0826. The molecule has 5 nitrogen and oxygen atoms in total. The zero-order chi connectivity index (χ0) is 16.1. The normalized spacial score (nSPS) is 10.6. The van der Waals surface area contributed by atoms with E-state index >= 15 is 0 Å². The highest BCUT2D eigenvalue weighted by molar-refractivity contribution is 6.32. The number of nitrogens with one attached hydrogen (secondary N) is 1. The van der Waals surface area contributed by atoms with E-state index in [4.69, 9.17) is 11.6 Å². The molecule has 112 valence electrons. The first kappa shape index (κ1) is 15.7. The number of benzene rings is 2. The lowest BCUT2D eigenvalue weighted by Crippen LogP contribution is -2.08. The van der Waals surface area contributed by atoms with E-state index in [-0.39, 0.29) is 5.69 Å². The van der Waals surface area contributed by atoms with Gasteiger partial charge < -0.3 is 5.32 Å². The first-order valence-electron chi connectivity index (χ1n) is 6.15. The number of nitro groups is 1. The number of nitro benzene ring substituents is 1. The Morgan fingerprint density at radius 1 is 1.27 bits per heavy atom. The molecule has 1 N–H and O–H groups in total. The second kappa shape index (κ2) is 6.82. The van der Waals surface area contributed by atoms with Crippen molar-refractivity contribution in [3.63, 3.8) is 0 Å². The van der Waals surface area contributed by atoms with Crippen molar-refractivity contribution >= 4 is 35.0 Å². The maximum atomic E-state index is 13.2. The Morgan fingerprint density at radius 2 is 2.00 bits per heavy atom. The van der Waals surface area contributed by atoms with Crippen molar-refractivity contribution in [2.75, 3.05) is 5.32 Å². The van der Waals surface area contributed by atoms with E-state index in [2.05, 4.69) is 5.32 Å². The Morgan fingerprint density at radius 3 is 2.68 bits per heavy atom. The highest BCUT2D eigenvalue weighted by atomic mass is 35.5. The van der Waals surface area contributed by atoms with Crippen molar-refractivity contribution in [1.82, 2.24) is 0 Å². The predicted octanol–water partition coefficient (Wildman–Crippen LogP) is 4.04. The summed E-state index contributed by atoms with van der Waals surface area (Å²) in [5, 5.41) is 13.5. The average Bonchev–Trinajstić information content (AvgIpc) is 2.48. The van der Waals surface area contributed by atoms with Crippen LogP contribution < -0.4 is 5.32 Å². The number of hydrogen-bond donors (Lipinski definition) is 1. The minimum atomic E-state index is -0.963. The molecular formula is C15H10ClFN2O3. The zero-order valence-corrected chi connectivity index (χ0v) is 11.9. The third-order valence-electron chi connectivity index (χ3n) is 2.73. The van der Waals surface area contributed by atoms with Crippen LogP contribution in [-0.4, -0.2) is 10.8 Å². The summed E-state index contributed by atoms with van der Waals surface area (Å²) in [5.74, 6) is -1.48. The van der Waals surface area contributed by atoms with Crippen LogP contribution in [0.1, 0.15) is 5.56 Å². The molecule has 2 rings (SSSR count). The first-order valence-corrected chi connectivity index (χ1v) is 6.52. The van der Waals surface area contributed by atoms with Crippen LogP contribution in [0.3, 0.4) is 0 Å². The number of amides is 1. The fraction of sp³-hybridized carbons (Fsp3) is 0. The fourth-order valence-electron chi connectivity index (χ4n) is 1.69. The molecule has 0 fully saturated rings. The van der Waals surface area contributed by atoms with Crippen molar-refractivity contribution in [3.05, 3.63) is 75.1 Å². The van der Waals surface area contributed by atoms with Gasteiger partial charge in [0.15, 0.2) is 0 Å². The van der Waals surface area contributed by atoms with Crippen LogP contribution in [0.2, 0.25) is 5.02 Å². The molecule has 0 aliphatic rings. The topological polar surface area (TPSA) is 72.2 Å². The van der Waals surface area contributed by atoms with Gasteiger partial charge in [-0.25, -0.2) is 0 Å². The Kier molecular flexibility index (Phi) is 4.85. The van der Waals surface area contributed by atoms with Crippen molar-refractivity contribution in [3.8, 4) is 0 Å². The third kappa shape index (κ3) is 3.89. The zero-order valence-electron chi connectivity index (χ0n) is 11.1. The Labute approximate surface area is 130 Å². The maximum Gasteiger partial charge on any atom is 0.306 e. The average molecular weight is 321 g/mol. The van der Waals surface area contributed by atoms with E-state index in [9.17, 15) is 19.3 Å². The van der Waals surface area contributed by atoms with Gasteiger partial charge in [0.25, 0.3) is 0 Å². The second-order valence-corrected chi connectivity index (χ2v) is 4.67. The predicted molar refractivity (Wildman–Crippen MR) is 82.2 cm³/mol. The number of nitrogens with zero attached hydrogens (tertiary/aromatic N) is 1. The monoisotopic (exact) mass is 320 g/mol. The molecule has 0 saturated heterocycles. The van der Waals surface area contributed by atoms with Gasteiger partial charge in [0.2, 0.25) is 11.7 Å². The second-order valence-electron chi connectivity index (χ2n) is 4.27. The molecule has 7 heteroatoms. The van der Waals surface area contributed by atoms with Crippen molar-refractivity contribution < 1.29 is 14.1 Å². The van der Waals surface area contributed by atoms with Gasteiger partial charge in [-0.3, -0.25) is 14.9 Å². The SMILES string of the molecule is O=C(C=Cc1ccccc1Cl)Nc1ccc(F)c([N+](=O)[O-])c1. The lowest BCUT2D eigenvalue weighted by molar-refractivity contribution is -0.387. The molecule has 0 aromatic heterocycles. The summed E-state index contributed by atoms with van der Waals surface area (Å²) in [6, 6.07) is 10.1. The lowest BCUT2D eigenvalue weighted by atomic mass is 10.2. The quantitative estimate of drug-likeness (QED) is 0.525. The van der Waals surface area contributed by atoms with Crippen molar-refractivity contribution in [2.45, 2.75) is 0 Å². The molecule has 0 radical (unpaired) electrons. The summed E-state index contributed by atoms with van der Waals surface area (Å²) in [6.07, 6.45) is 2.74. The van der Waals surface area contributed by atoms with Gasteiger partial charge in [0.05, 0.1) is 4.92 Å². The van der Waals surface area contributed by atoms with Crippen LogP contribution in [0.25, 0.3) is 6.08 Å². The smallest absolute Gasteiger partial charge is 0.306 e. The lowest BCUT2D eigenvalue weighted by Gasteiger charge is -2.02. The number of carbonyl (C=O) groups excluding carboxylic acids is 1. The minimum absolute atomic E-state index is 0.127. The van der Waals surface area contributed by atoms with Gasteiger partial charge in [-0.2, -0.15) is 4.39 Å². The van der Waals surface area contributed by atoms with E-state index < -0.39 is 22.3 Å². The van der Waals surface area contributed by atoms with Gasteiger partial charge in [0.1, 0.15) is 0 Å². The third-order valence-corrected chi connectivity index (χ3v) is 3.07. The van der Waals surface area contributed by atoms with E-state index in [1.807, 2.05) is 0 Å². The fourth-order valence-corrected chi connectivity index (χ4v) is 1.89. The number of carbonyl (C=O) groups is 1. The molecular weight excluding hydrogens is 311 g/mol. The summed E-state index contributed by atoms with van der Waals surface area (Å²) in [7, 11) is 0. The van der Waals surface area contributed by atoms with E-state index in [0.717, 1.165) is 12.1 Å². The van der Waals surface area contributed by atoms with Gasteiger partial charge >= 0.3 is 5.69 Å². The maximum absolute atomic E-state index is 13.2. The van der Waals surface area contributed by atoms with Gasteiger partial charge in [-0.15, -0.1) is 0 Å². The Balaban J connectivity index is 2.11. The molecule has 0 saturated carbocycles. The number of anilines is 1. The minimum Gasteiger partial charge on any atom is -0.322 e. The Hall–Kier alpha value is -2.73. The summed E-state index contributed by atoms with van der Waals surface area (Å²) in [6.45, 7) is 0. The van der Waals surface area contributed by atoms with Crippen LogP contribution in [0.4, 0.5) is 15.8 Å². The number of halogens is 2. The highest BCUT2D eigenvalue weighted by Crippen LogP contribution is 2.22. The summed E-state index contributed by atoms with van der Waals surface area (Å²) >= 11 is 5.94. The summed E-state index contributed by atoms with van der Waals surface area (Å²) < 4.78 is 13.2. The van der Waals surface area contributed by atoms with Gasteiger partial charge in [-0.1, -0.05) is 29.8 Å². The standard InChI is InChI=1S/C15H10ClFN2O3/c16-12-4-2-1-3-10(12)5-8-15(20)18-11-6-7-13(17)14(9-11)19(21)22/h1-9H,(H,18,20). The highest BCUT2D eigenvalue weighted by Gasteiger charge is 2.14.